The average Bonchev–Trinajstić information content (AvgIpc) is 2.85. The van der Waals surface area contributed by atoms with Crippen molar-refractivity contribution in [1.82, 2.24) is 0 Å². The highest BCUT2D eigenvalue weighted by molar-refractivity contribution is 5.88. The number of aromatic carboxylic acids is 1. The lowest BCUT2D eigenvalue weighted by Crippen LogP contribution is -2.20. The molecule has 14 heavy (non-hydrogen) atoms. The number of hydrogen-bond acceptors (Lipinski definition) is 2. The number of carbonyl (C=O) groups is 1. The second-order valence-corrected chi connectivity index (χ2v) is 3.99. The zero-order valence-electron chi connectivity index (χ0n) is 8.08. The highest BCUT2D eigenvalue weighted by Crippen LogP contribution is 2.44. The van der Waals surface area contributed by atoms with E-state index in [4.69, 9.17) is 10.8 Å². The van der Waals surface area contributed by atoms with Gasteiger partial charge in [0.15, 0.2) is 0 Å². The third kappa shape index (κ3) is 1.40. The molecule has 0 atom stereocenters. The molecular weight excluding hydrogens is 178 g/mol. The van der Waals surface area contributed by atoms with Crippen molar-refractivity contribution >= 4 is 5.97 Å². The maximum absolute atomic E-state index is 10.8. The van der Waals surface area contributed by atoms with Crippen molar-refractivity contribution < 1.29 is 9.90 Å². The summed E-state index contributed by atoms with van der Waals surface area (Å²) in [5.74, 6) is -0.893. The number of hydrogen-bond donors (Lipinski definition) is 2. The van der Waals surface area contributed by atoms with Crippen LogP contribution < -0.4 is 5.73 Å². The minimum atomic E-state index is -0.893. The van der Waals surface area contributed by atoms with Gasteiger partial charge < -0.3 is 10.8 Å². The largest absolute Gasteiger partial charge is 0.478 e. The molecule has 0 bridgehead atoms. The summed E-state index contributed by atoms with van der Waals surface area (Å²) in [6.45, 7) is 1.97. The van der Waals surface area contributed by atoms with Gasteiger partial charge >= 0.3 is 5.97 Å². The molecule has 74 valence electrons. The Bertz CT molecular complexity index is 394. The average molecular weight is 191 g/mol. The maximum Gasteiger partial charge on any atom is 0.335 e. The standard InChI is InChI=1S/C11H13NO2/c1-7-2-3-8(10(13)14)6-9(7)11(12)4-5-11/h2-3,6H,4-5,12H2,1H3,(H,13,14). The Morgan fingerprint density at radius 1 is 1.50 bits per heavy atom. The predicted molar refractivity (Wildman–Crippen MR) is 53.2 cm³/mol. The number of carboxylic acid groups (broad SMARTS) is 1. The molecule has 1 saturated carbocycles. The van der Waals surface area contributed by atoms with Crippen LogP contribution in [0.4, 0.5) is 0 Å². The van der Waals surface area contributed by atoms with Crippen molar-refractivity contribution in [3.05, 3.63) is 34.9 Å². The highest BCUT2D eigenvalue weighted by Gasteiger charge is 2.41. The van der Waals surface area contributed by atoms with Crippen molar-refractivity contribution in [3.63, 3.8) is 0 Å². The molecule has 0 aromatic heterocycles. The lowest BCUT2D eigenvalue weighted by atomic mass is 9.97. The molecule has 0 amide bonds. The van der Waals surface area contributed by atoms with Gasteiger partial charge in [0.25, 0.3) is 0 Å². The zero-order valence-corrected chi connectivity index (χ0v) is 8.08. The summed E-state index contributed by atoms with van der Waals surface area (Å²) in [6.07, 6.45) is 1.91. The number of carboxylic acids is 1. The van der Waals surface area contributed by atoms with E-state index in [0.29, 0.717) is 5.56 Å². The second kappa shape index (κ2) is 2.82. The van der Waals surface area contributed by atoms with E-state index in [-0.39, 0.29) is 5.54 Å². The first-order valence-electron chi connectivity index (χ1n) is 4.66. The SMILES string of the molecule is Cc1ccc(C(=O)O)cc1C1(N)CC1. The fourth-order valence-electron chi connectivity index (χ4n) is 1.70. The van der Waals surface area contributed by atoms with Crippen LogP contribution in [0.3, 0.4) is 0 Å². The minimum Gasteiger partial charge on any atom is -0.478 e. The Hall–Kier alpha value is -1.35. The van der Waals surface area contributed by atoms with Gasteiger partial charge in [-0.2, -0.15) is 0 Å². The summed E-state index contributed by atoms with van der Waals surface area (Å²) in [5.41, 5.74) is 8.17. The first kappa shape index (κ1) is 9.21. The van der Waals surface area contributed by atoms with Crippen LogP contribution >= 0.6 is 0 Å². The molecule has 3 N–H and O–H groups in total. The topological polar surface area (TPSA) is 63.3 Å². The van der Waals surface area contributed by atoms with Crippen LogP contribution in [0.2, 0.25) is 0 Å². The Morgan fingerprint density at radius 3 is 2.64 bits per heavy atom. The van der Waals surface area contributed by atoms with Gasteiger partial charge in [-0.25, -0.2) is 4.79 Å². The van der Waals surface area contributed by atoms with E-state index in [0.717, 1.165) is 24.0 Å². The van der Waals surface area contributed by atoms with Crippen LogP contribution in [0, 0.1) is 6.92 Å². The van der Waals surface area contributed by atoms with Gasteiger partial charge in [-0.05, 0) is 43.0 Å². The molecule has 1 aromatic carbocycles. The first-order valence-corrected chi connectivity index (χ1v) is 4.66. The third-order valence-corrected chi connectivity index (χ3v) is 2.81. The molecule has 1 aliphatic carbocycles. The molecule has 3 nitrogen and oxygen atoms in total. The summed E-state index contributed by atoms with van der Waals surface area (Å²) in [7, 11) is 0. The molecule has 1 aromatic rings. The molecule has 0 heterocycles. The van der Waals surface area contributed by atoms with E-state index in [1.807, 2.05) is 13.0 Å². The van der Waals surface area contributed by atoms with Crippen LogP contribution in [-0.4, -0.2) is 11.1 Å². The normalized spacial score (nSPS) is 17.9. The summed E-state index contributed by atoms with van der Waals surface area (Å²) >= 11 is 0. The zero-order chi connectivity index (χ0) is 10.3. The van der Waals surface area contributed by atoms with Crippen molar-refractivity contribution in [1.29, 1.82) is 0 Å². The van der Waals surface area contributed by atoms with Crippen LogP contribution in [0.15, 0.2) is 18.2 Å². The smallest absolute Gasteiger partial charge is 0.335 e. The minimum absolute atomic E-state index is 0.254. The molecule has 0 spiro atoms. The quantitative estimate of drug-likeness (QED) is 0.747. The van der Waals surface area contributed by atoms with Gasteiger partial charge in [0.1, 0.15) is 0 Å². The van der Waals surface area contributed by atoms with E-state index in [1.165, 1.54) is 0 Å². The molecule has 0 radical (unpaired) electrons. The van der Waals surface area contributed by atoms with Gasteiger partial charge in [-0.3, -0.25) is 0 Å². The molecule has 1 fully saturated rings. The van der Waals surface area contributed by atoms with Crippen molar-refractivity contribution in [2.45, 2.75) is 25.3 Å². The van der Waals surface area contributed by atoms with E-state index in [9.17, 15) is 4.79 Å². The molecule has 0 aliphatic heterocycles. The molecule has 0 saturated heterocycles. The number of nitrogens with two attached hydrogens (primary N) is 1. The molecule has 0 unspecified atom stereocenters. The van der Waals surface area contributed by atoms with E-state index in [1.54, 1.807) is 12.1 Å². The lowest BCUT2D eigenvalue weighted by Gasteiger charge is -2.13. The fourth-order valence-corrected chi connectivity index (χ4v) is 1.70. The third-order valence-electron chi connectivity index (χ3n) is 2.81. The monoisotopic (exact) mass is 191 g/mol. The molecule has 1 aliphatic rings. The molecule has 3 heteroatoms. The van der Waals surface area contributed by atoms with E-state index < -0.39 is 5.97 Å². The van der Waals surface area contributed by atoms with Crippen molar-refractivity contribution in [3.8, 4) is 0 Å². The number of aryl methyl sites for hydroxylation is 1. The van der Waals surface area contributed by atoms with Gasteiger partial charge in [0, 0.05) is 5.54 Å². The predicted octanol–water partition coefficient (Wildman–Crippen LogP) is 1.64. The van der Waals surface area contributed by atoms with Gasteiger partial charge in [-0.15, -0.1) is 0 Å². The second-order valence-electron chi connectivity index (χ2n) is 3.99. The van der Waals surface area contributed by atoms with Gasteiger partial charge in [-0.1, -0.05) is 6.07 Å². The van der Waals surface area contributed by atoms with Crippen molar-refractivity contribution in [2.75, 3.05) is 0 Å². The Morgan fingerprint density at radius 2 is 2.14 bits per heavy atom. The van der Waals surface area contributed by atoms with Gasteiger partial charge in [0.2, 0.25) is 0 Å². The summed E-state index contributed by atoms with van der Waals surface area (Å²) in [4.78, 5) is 10.8. The summed E-state index contributed by atoms with van der Waals surface area (Å²) in [5, 5.41) is 8.85. The van der Waals surface area contributed by atoms with Gasteiger partial charge in [0.05, 0.1) is 5.56 Å². The van der Waals surface area contributed by atoms with Crippen LogP contribution in [0.25, 0.3) is 0 Å². The van der Waals surface area contributed by atoms with E-state index in [2.05, 4.69) is 0 Å². The lowest BCUT2D eigenvalue weighted by molar-refractivity contribution is 0.0697. The fraction of sp³-hybridized carbons (Fsp3) is 0.364. The van der Waals surface area contributed by atoms with E-state index >= 15 is 0 Å². The summed E-state index contributed by atoms with van der Waals surface area (Å²) < 4.78 is 0. The Kier molecular flexibility index (Phi) is 1.86. The Balaban J connectivity index is 2.48. The molecule has 2 rings (SSSR count). The van der Waals surface area contributed by atoms with Crippen LogP contribution in [-0.2, 0) is 5.54 Å². The molecular formula is C11H13NO2. The highest BCUT2D eigenvalue weighted by atomic mass is 16.4. The first-order chi connectivity index (χ1) is 6.53. The Labute approximate surface area is 82.5 Å². The summed E-state index contributed by atoms with van der Waals surface area (Å²) in [6, 6.07) is 5.14. The number of rotatable bonds is 2. The van der Waals surface area contributed by atoms with Crippen molar-refractivity contribution in [2.24, 2.45) is 5.73 Å². The maximum atomic E-state index is 10.8. The van der Waals surface area contributed by atoms with Crippen LogP contribution in [0.5, 0.6) is 0 Å². The number of benzene rings is 1. The van der Waals surface area contributed by atoms with Crippen LogP contribution in [0.1, 0.15) is 34.3 Å².